The minimum absolute atomic E-state index is 0.0152. The van der Waals surface area contributed by atoms with Gasteiger partial charge in [-0.1, -0.05) is 0 Å². The average Bonchev–Trinajstić information content (AvgIpc) is 2.79. The predicted octanol–water partition coefficient (Wildman–Crippen LogP) is 1.44. The molecule has 0 radical (unpaired) electrons. The third-order valence-electron chi connectivity index (χ3n) is 2.60. The Morgan fingerprint density at radius 1 is 1.69 bits per heavy atom. The van der Waals surface area contributed by atoms with Crippen LogP contribution in [0.4, 0.5) is 11.4 Å². The van der Waals surface area contributed by atoms with Crippen LogP contribution in [-0.2, 0) is 4.74 Å². The SMILES string of the molecule is O=[N+]([O-])c1cnccc1NCC1CCOC1. The smallest absolute Gasteiger partial charge is 0.310 e. The van der Waals surface area contributed by atoms with Gasteiger partial charge in [0.2, 0.25) is 0 Å². The van der Waals surface area contributed by atoms with E-state index in [0.29, 0.717) is 18.2 Å². The zero-order valence-corrected chi connectivity index (χ0v) is 8.76. The van der Waals surface area contributed by atoms with Crippen LogP contribution >= 0.6 is 0 Å². The molecule has 1 unspecified atom stereocenters. The minimum Gasteiger partial charge on any atom is -0.381 e. The summed E-state index contributed by atoms with van der Waals surface area (Å²) in [6.07, 6.45) is 3.81. The van der Waals surface area contributed by atoms with E-state index in [9.17, 15) is 10.1 Å². The maximum atomic E-state index is 10.7. The van der Waals surface area contributed by atoms with Crippen molar-refractivity contribution in [2.24, 2.45) is 5.92 Å². The van der Waals surface area contributed by atoms with E-state index in [2.05, 4.69) is 10.3 Å². The van der Waals surface area contributed by atoms with E-state index in [4.69, 9.17) is 4.74 Å². The molecular weight excluding hydrogens is 210 g/mol. The van der Waals surface area contributed by atoms with Gasteiger partial charge < -0.3 is 10.1 Å². The second-order valence-corrected chi connectivity index (χ2v) is 3.76. The lowest BCUT2D eigenvalue weighted by Gasteiger charge is -2.10. The van der Waals surface area contributed by atoms with Gasteiger partial charge in [0, 0.05) is 25.3 Å². The molecule has 0 spiro atoms. The summed E-state index contributed by atoms with van der Waals surface area (Å²) in [6.45, 7) is 2.21. The zero-order valence-electron chi connectivity index (χ0n) is 8.76. The summed E-state index contributed by atoms with van der Waals surface area (Å²) in [5.41, 5.74) is 0.535. The summed E-state index contributed by atoms with van der Waals surface area (Å²) in [4.78, 5) is 14.0. The van der Waals surface area contributed by atoms with Gasteiger partial charge in [-0.3, -0.25) is 15.1 Å². The number of aromatic nitrogens is 1. The predicted molar refractivity (Wildman–Crippen MR) is 58.3 cm³/mol. The van der Waals surface area contributed by atoms with Gasteiger partial charge in [-0.2, -0.15) is 0 Å². The molecular formula is C10H13N3O3. The summed E-state index contributed by atoms with van der Waals surface area (Å²) >= 11 is 0. The van der Waals surface area contributed by atoms with Gasteiger partial charge in [-0.15, -0.1) is 0 Å². The Morgan fingerprint density at radius 3 is 3.25 bits per heavy atom. The number of rotatable bonds is 4. The lowest BCUT2D eigenvalue weighted by Crippen LogP contribution is -2.14. The normalized spacial score (nSPS) is 19.6. The van der Waals surface area contributed by atoms with Crippen molar-refractivity contribution in [3.8, 4) is 0 Å². The van der Waals surface area contributed by atoms with Gasteiger partial charge >= 0.3 is 5.69 Å². The van der Waals surface area contributed by atoms with Gasteiger partial charge in [0.15, 0.2) is 0 Å². The summed E-state index contributed by atoms with van der Waals surface area (Å²) in [6, 6.07) is 1.62. The van der Waals surface area contributed by atoms with Gasteiger partial charge in [0.1, 0.15) is 11.9 Å². The molecule has 0 bridgehead atoms. The second-order valence-electron chi connectivity index (χ2n) is 3.76. The average molecular weight is 223 g/mol. The first-order valence-electron chi connectivity index (χ1n) is 5.17. The summed E-state index contributed by atoms with van der Waals surface area (Å²) in [5.74, 6) is 0.438. The Balaban J connectivity index is 2.00. The highest BCUT2D eigenvalue weighted by Gasteiger charge is 2.18. The van der Waals surface area contributed by atoms with Gasteiger partial charge in [0.05, 0.1) is 11.5 Å². The molecule has 1 aliphatic heterocycles. The molecule has 0 aliphatic carbocycles. The van der Waals surface area contributed by atoms with Crippen LogP contribution < -0.4 is 5.32 Å². The van der Waals surface area contributed by atoms with E-state index in [1.165, 1.54) is 6.20 Å². The molecule has 1 atom stereocenters. The number of nitrogens with zero attached hydrogens (tertiary/aromatic N) is 2. The molecule has 0 aromatic carbocycles. The van der Waals surface area contributed by atoms with Crippen molar-refractivity contribution in [2.75, 3.05) is 25.1 Å². The molecule has 86 valence electrons. The number of anilines is 1. The largest absolute Gasteiger partial charge is 0.381 e. The Hall–Kier alpha value is -1.69. The highest BCUT2D eigenvalue weighted by molar-refractivity contribution is 5.59. The molecule has 2 heterocycles. The van der Waals surface area contributed by atoms with Crippen LogP contribution in [0.1, 0.15) is 6.42 Å². The molecule has 1 aliphatic rings. The van der Waals surface area contributed by atoms with Crippen molar-refractivity contribution < 1.29 is 9.66 Å². The van der Waals surface area contributed by atoms with Crippen LogP contribution in [-0.4, -0.2) is 29.7 Å². The lowest BCUT2D eigenvalue weighted by atomic mass is 10.1. The van der Waals surface area contributed by atoms with Crippen LogP contribution in [0, 0.1) is 16.0 Å². The molecule has 6 nitrogen and oxygen atoms in total. The van der Waals surface area contributed by atoms with Crippen molar-refractivity contribution in [3.05, 3.63) is 28.6 Å². The summed E-state index contributed by atoms with van der Waals surface area (Å²) in [7, 11) is 0. The van der Waals surface area contributed by atoms with Crippen molar-refractivity contribution in [1.82, 2.24) is 4.98 Å². The second kappa shape index (κ2) is 4.89. The highest BCUT2D eigenvalue weighted by atomic mass is 16.6. The standard InChI is InChI=1S/C10H13N3O3/c14-13(15)10-6-11-3-1-9(10)12-5-8-2-4-16-7-8/h1,3,6,8H,2,4-5,7H2,(H,11,12). The molecule has 1 aromatic heterocycles. The Kier molecular flexibility index (Phi) is 3.31. The van der Waals surface area contributed by atoms with Crippen molar-refractivity contribution in [3.63, 3.8) is 0 Å². The maximum absolute atomic E-state index is 10.7. The van der Waals surface area contributed by atoms with Crippen molar-refractivity contribution in [1.29, 1.82) is 0 Å². The lowest BCUT2D eigenvalue weighted by molar-refractivity contribution is -0.384. The van der Waals surface area contributed by atoms with Crippen LogP contribution in [0.2, 0.25) is 0 Å². The van der Waals surface area contributed by atoms with E-state index >= 15 is 0 Å². The fourth-order valence-electron chi connectivity index (χ4n) is 1.68. The minimum atomic E-state index is -0.430. The zero-order chi connectivity index (χ0) is 11.4. The third kappa shape index (κ3) is 2.46. The molecule has 1 fully saturated rings. The van der Waals surface area contributed by atoms with Crippen molar-refractivity contribution in [2.45, 2.75) is 6.42 Å². The van der Waals surface area contributed by atoms with E-state index in [1.807, 2.05) is 0 Å². The molecule has 0 saturated carbocycles. The van der Waals surface area contributed by atoms with Gasteiger partial charge in [-0.05, 0) is 12.5 Å². The fraction of sp³-hybridized carbons (Fsp3) is 0.500. The monoisotopic (exact) mass is 223 g/mol. The molecule has 0 amide bonds. The van der Waals surface area contributed by atoms with E-state index in [0.717, 1.165) is 19.6 Å². The highest BCUT2D eigenvalue weighted by Crippen LogP contribution is 2.23. The topological polar surface area (TPSA) is 77.3 Å². The summed E-state index contributed by atoms with van der Waals surface area (Å²) in [5, 5.41) is 13.8. The molecule has 1 N–H and O–H groups in total. The van der Waals surface area contributed by atoms with Crippen LogP contribution in [0.5, 0.6) is 0 Å². The first-order valence-corrected chi connectivity index (χ1v) is 5.17. The van der Waals surface area contributed by atoms with E-state index in [-0.39, 0.29) is 5.69 Å². The number of nitro groups is 1. The molecule has 16 heavy (non-hydrogen) atoms. The fourth-order valence-corrected chi connectivity index (χ4v) is 1.68. The van der Waals surface area contributed by atoms with Crippen molar-refractivity contribution >= 4 is 11.4 Å². The quantitative estimate of drug-likeness (QED) is 0.617. The Labute approximate surface area is 92.8 Å². The summed E-state index contributed by atoms with van der Waals surface area (Å²) < 4.78 is 5.24. The van der Waals surface area contributed by atoms with E-state index in [1.54, 1.807) is 12.3 Å². The van der Waals surface area contributed by atoms with Gasteiger partial charge in [0.25, 0.3) is 0 Å². The first-order chi connectivity index (χ1) is 7.77. The molecule has 2 rings (SSSR count). The molecule has 1 aromatic rings. The number of pyridine rings is 1. The van der Waals surface area contributed by atoms with Crippen LogP contribution in [0.15, 0.2) is 18.5 Å². The number of ether oxygens (including phenoxy) is 1. The third-order valence-corrected chi connectivity index (χ3v) is 2.60. The number of hydrogen-bond donors (Lipinski definition) is 1. The van der Waals surface area contributed by atoms with Crippen LogP contribution in [0.25, 0.3) is 0 Å². The molecule has 6 heteroatoms. The Morgan fingerprint density at radius 2 is 2.56 bits per heavy atom. The van der Waals surface area contributed by atoms with E-state index < -0.39 is 4.92 Å². The first kappa shape index (κ1) is 10.8. The number of nitrogens with one attached hydrogen (secondary N) is 1. The van der Waals surface area contributed by atoms with Gasteiger partial charge in [-0.25, -0.2) is 0 Å². The molecule has 1 saturated heterocycles. The number of hydrogen-bond acceptors (Lipinski definition) is 5. The maximum Gasteiger partial charge on any atom is 0.310 e. The Bertz CT molecular complexity index is 377. The van der Waals surface area contributed by atoms with Crippen LogP contribution in [0.3, 0.4) is 0 Å².